The van der Waals surface area contributed by atoms with E-state index in [0.717, 1.165) is 51.4 Å². The van der Waals surface area contributed by atoms with Crippen molar-refractivity contribution < 1.29 is 19.4 Å². The summed E-state index contributed by atoms with van der Waals surface area (Å²) in [4.78, 5) is 26.6. The Bertz CT molecular complexity index is 996. The van der Waals surface area contributed by atoms with Crippen LogP contribution in [0.25, 0.3) is 0 Å². The number of methoxy groups -OCH3 is 1. The minimum absolute atomic E-state index is 0.00649. The summed E-state index contributed by atoms with van der Waals surface area (Å²) in [5.41, 5.74) is 1.19. The van der Waals surface area contributed by atoms with Crippen molar-refractivity contribution in [2.45, 2.75) is 119 Å². The summed E-state index contributed by atoms with van der Waals surface area (Å²) in [5, 5.41) is 10.9. The van der Waals surface area contributed by atoms with Crippen molar-refractivity contribution in [3.8, 4) is 0 Å². The Balaban J connectivity index is 1.58. The highest BCUT2D eigenvalue weighted by Crippen LogP contribution is 2.75. The number of allylic oxidation sites excluding steroid dienone is 2. The Hall–Kier alpha value is -1.16. The minimum atomic E-state index is -0.287. The van der Waals surface area contributed by atoms with Crippen LogP contribution in [0, 0.1) is 50.2 Å². The van der Waals surface area contributed by atoms with E-state index in [1.54, 1.807) is 0 Å². The van der Waals surface area contributed by atoms with Crippen molar-refractivity contribution in [1.82, 2.24) is 0 Å². The van der Waals surface area contributed by atoms with Crippen LogP contribution in [0.2, 0.25) is 0 Å². The van der Waals surface area contributed by atoms with Gasteiger partial charge in [0.15, 0.2) is 5.78 Å². The van der Waals surface area contributed by atoms with Crippen LogP contribution in [-0.2, 0) is 14.3 Å². The molecule has 9 atom stereocenters. The summed E-state index contributed by atoms with van der Waals surface area (Å²) in [6.45, 7) is 16.5. The molecule has 5 aliphatic carbocycles. The first kappa shape index (κ1) is 26.4. The fourth-order valence-corrected chi connectivity index (χ4v) is 10.8. The second-order valence-corrected chi connectivity index (χ2v) is 15.6. The summed E-state index contributed by atoms with van der Waals surface area (Å²) in [5.74, 6) is 0.944. The maximum atomic E-state index is 14.3. The first-order valence-electron chi connectivity index (χ1n) is 14.6. The zero-order valence-electron chi connectivity index (χ0n) is 24.1. The molecule has 0 aromatic heterocycles. The average molecular weight is 499 g/mol. The van der Waals surface area contributed by atoms with E-state index in [1.165, 1.54) is 19.1 Å². The van der Waals surface area contributed by atoms with Gasteiger partial charge in [0.25, 0.3) is 0 Å². The molecule has 0 aromatic rings. The molecule has 0 spiro atoms. The van der Waals surface area contributed by atoms with Gasteiger partial charge in [-0.25, -0.2) is 0 Å². The Morgan fingerprint density at radius 3 is 2.31 bits per heavy atom. The smallest absolute Gasteiger partial charge is 0.306 e. The quantitative estimate of drug-likeness (QED) is 0.421. The molecule has 1 N–H and O–H groups in total. The third kappa shape index (κ3) is 3.34. The third-order valence-corrected chi connectivity index (χ3v) is 13.4. The van der Waals surface area contributed by atoms with Gasteiger partial charge in [0, 0.05) is 5.92 Å². The Morgan fingerprint density at radius 2 is 1.64 bits per heavy atom. The zero-order valence-corrected chi connectivity index (χ0v) is 24.1. The van der Waals surface area contributed by atoms with Crippen molar-refractivity contribution in [3.05, 3.63) is 11.6 Å². The third-order valence-electron chi connectivity index (χ3n) is 13.4. The van der Waals surface area contributed by atoms with Gasteiger partial charge in [-0.05, 0) is 108 Å². The van der Waals surface area contributed by atoms with E-state index < -0.39 is 0 Å². The van der Waals surface area contributed by atoms with E-state index in [1.807, 2.05) is 0 Å². The minimum Gasteiger partial charge on any atom is -0.469 e. The summed E-state index contributed by atoms with van der Waals surface area (Å²) in [7, 11) is 1.49. The number of ether oxygens (including phenoxy) is 1. The van der Waals surface area contributed by atoms with Gasteiger partial charge in [-0.2, -0.15) is 0 Å². The molecule has 0 amide bonds. The van der Waals surface area contributed by atoms with Gasteiger partial charge in [0.1, 0.15) is 0 Å². The molecule has 0 radical (unpaired) electrons. The fourth-order valence-electron chi connectivity index (χ4n) is 10.8. The molecule has 4 fully saturated rings. The monoisotopic (exact) mass is 498 g/mol. The van der Waals surface area contributed by atoms with Gasteiger partial charge in [-0.3, -0.25) is 9.59 Å². The number of hydrogen-bond acceptors (Lipinski definition) is 4. The van der Waals surface area contributed by atoms with Gasteiger partial charge >= 0.3 is 5.97 Å². The van der Waals surface area contributed by atoms with Crippen LogP contribution in [-0.4, -0.2) is 30.1 Å². The Kier molecular flexibility index (Phi) is 5.83. The highest BCUT2D eigenvalue weighted by Gasteiger charge is 2.70. The van der Waals surface area contributed by atoms with E-state index in [9.17, 15) is 14.7 Å². The highest BCUT2D eigenvalue weighted by atomic mass is 16.5. The predicted molar refractivity (Wildman–Crippen MR) is 142 cm³/mol. The van der Waals surface area contributed by atoms with Gasteiger partial charge in [-0.15, -0.1) is 0 Å². The standard InChI is InChI=1S/C32H50O4/c1-27(2)23-9-12-32(7)26(30(23,5)11-10-24(27)34)22(33)17-20-21-18-28(3,19-25(35)36-8)13-14-29(21,4)15-16-31(20,32)6/h17,21,23-24,26,34H,9-16,18-19H2,1-8H3/t21-,23+,24+,26-,28+,29-,30+,31-,32-/m1/s1. The maximum Gasteiger partial charge on any atom is 0.306 e. The van der Waals surface area contributed by atoms with Crippen LogP contribution in [0.3, 0.4) is 0 Å². The molecule has 4 saturated carbocycles. The SMILES string of the molecule is COC(=O)C[C@@]1(C)CC[C@]2(C)CC[C@]3(C)C(=CC(=O)[C@@H]4[C@@]5(C)CC[C@H](O)C(C)(C)[C@@H]5CC[C@]43C)[C@H]2C1. The molecule has 0 heterocycles. The first-order valence-corrected chi connectivity index (χ1v) is 14.6. The lowest BCUT2D eigenvalue weighted by molar-refractivity contribution is -0.202. The van der Waals surface area contributed by atoms with Crippen molar-refractivity contribution in [3.63, 3.8) is 0 Å². The van der Waals surface area contributed by atoms with Crippen LogP contribution < -0.4 is 0 Å². The molecule has 4 heteroatoms. The topological polar surface area (TPSA) is 63.6 Å². The van der Waals surface area contributed by atoms with Gasteiger partial charge in [0.2, 0.25) is 0 Å². The van der Waals surface area contributed by atoms with Crippen LogP contribution in [0.4, 0.5) is 0 Å². The second kappa shape index (κ2) is 7.93. The molecule has 5 rings (SSSR count). The molecular formula is C32H50O4. The molecule has 0 unspecified atom stereocenters. The van der Waals surface area contributed by atoms with Gasteiger partial charge < -0.3 is 9.84 Å². The van der Waals surface area contributed by atoms with Crippen LogP contribution in [0.5, 0.6) is 0 Å². The van der Waals surface area contributed by atoms with Gasteiger partial charge in [0.05, 0.1) is 19.6 Å². The summed E-state index contributed by atoms with van der Waals surface area (Å²) in [6.07, 6.45) is 11.6. The molecule has 4 nitrogen and oxygen atoms in total. The number of carbonyl (C=O) groups is 2. The second-order valence-electron chi connectivity index (χ2n) is 15.6. The number of esters is 1. The Morgan fingerprint density at radius 1 is 0.972 bits per heavy atom. The van der Waals surface area contributed by atoms with E-state index in [-0.39, 0.29) is 50.5 Å². The lowest BCUT2D eigenvalue weighted by Crippen LogP contribution is -2.66. The fraction of sp³-hybridized carbons (Fsp3) is 0.875. The molecular weight excluding hydrogens is 448 g/mol. The number of fused-ring (bicyclic) bond motifs is 7. The molecule has 0 saturated heterocycles. The van der Waals surface area contributed by atoms with Crippen LogP contribution >= 0.6 is 0 Å². The summed E-state index contributed by atoms with van der Waals surface area (Å²) in [6, 6.07) is 0. The van der Waals surface area contributed by atoms with Crippen molar-refractivity contribution in [1.29, 1.82) is 0 Å². The lowest BCUT2D eigenvalue weighted by Gasteiger charge is -2.70. The van der Waals surface area contributed by atoms with Crippen molar-refractivity contribution in [2.75, 3.05) is 7.11 Å². The lowest BCUT2D eigenvalue weighted by atomic mass is 9.33. The largest absolute Gasteiger partial charge is 0.469 e. The number of hydrogen-bond donors (Lipinski definition) is 1. The molecule has 202 valence electrons. The number of ketones is 1. The van der Waals surface area contributed by atoms with Crippen LogP contribution in [0.15, 0.2) is 11.6 Å². The van der Waals surface area contributed by atoms with Crippen molar-refractivity contribution >= 4 is 11.8 Å². The van der Waals surface area contributed by atoms with E-state index >= 15 is 0 Å². The van der Waals surface area contributed by atoms with E-state index in [4.69, 9.17) is 4.74 Å². The predicted octanol–water partition coefficient (Wildman–Crippen LogP) is 6.89. The molecule has 36 heavy (non-hydrogen) atoms. The Labute approximate surface area is 219 Å². The molecule has 0 bridgehead atoms. The molecule has 0 aromatic carbocycles. The average Bonchev–Trinajstić information content (AvgIpc) is 2.79. The number of aliphatic hydroxyl groups is 1. The van der Waals surface area contributed by atoms with E-state index in [0.29, 0.717) is 24.0 Å². The molecule has 5 aliphatic rings. The van der Waals surface area contributed by atoms with Crippen LogP contribution in [0.1, 0.15) is 113 Å². The van der Waals surface area contributed by atoms with Gasteiger partial charge in [-0.1, -0.05) is 54.0 Å². The van der Waals surface area contributed by atoms with Crippen molar-refractivity contribution in [2.24, 2.45) is 50.2 Å². The summed E-state index contributed by atoms with van der Waals surface area (Å²) >= 11 is 0. The number of carbonyl (C=O) groups excluding carboxylic acids is 2. The first-order chi connectivity index (χ1) is 16.6. The number of aliphatic hydroxyl groups excluding tert-OH is 1. The number of rotatable bonds is 2. The zero-order chi connectivity index (χ0) is 26.5. The van der Waals surface area contributed by atoms with E-state index in [2.05, 4.69) is 54.5 Å². The maximum absolute atomic E-state index is 14.3. The highest BCUT2D eigenvalue weighted by molar-refractivity contribution is 5.95. The summed E-state index contributed by atoms with van der Waals surface area (Å²) < 4.78 is 5.07. The molecule has 0 aliphatic heterocycles. The normalized spacial score (nSPS) is 51.7.